The maximum Gasteiger partial charge on any atom is 0.0551 e. The predicted octanol–water partition coefficient (Wildman–Crippen LogP) is 4.58. The van der Waals surface area contributed by atoms with Gasteiger partial charge in [-0.05, 0) is 40.0 Å². The molecule has 0 radical (unpaired) electrons. The Morgan fingerprint density at radius 2 is 2.06 bits per heavy atom. The fourth-order valence-electron chi connectivity index (χ4n) is 1.73. The van der Waals surface area contributed by atoms with E-state index in [1.807, 2.05) is 12.1 Å². The van der Waals surface area contributed by atoms with Crippen LogP contribution in [0.2, 0.25) is 5.02 Å². The smallest absolute Gasteiger partial charge is 0.0551 e. The largest absolute Gasteiger partial charge is 0.299 e. The van der Waals surface area contributed by atoms with Crippen LogP contribution in [0.5, 0.6) is 0 Å². The van der Waals surface area contributed by atoms with Crippen LogP contribution in [-0.4, -0.2) is 18.0 Å². The maximum absolute atomic E-state index is 6.08. The van der Waals surface area contributed by atoms with Gasteiger partial charge in [0.05, 0.1) is 5.02 Å². The summed E-state index contributed by atoms with van der Waals surface area (Å²) in [6.07, 6.45) is 0. The third-order valence-electron chi connectivity index (χ3n) is 2.50. The van der Waals surface area contributed by atoms with Gasteiger partial charge in [-0.15, -0.1) is 0 Å². The third kappa shape index (κ3) is 4.08. The van der Waals surface area contributed by atoms with Crippen molar-refractivity contribution in [2.24, 2.45) is 5.92 Å². The van der Waals surface area contributed by atoms with Crippen LogP contribution in [0.4, 0.5) is 0 Å². The Labute approximate surface area is 112 Å². The van der Waals surface area contributed by atoms with Gasteiger partial charge in [0.25, 0.3) is 0 Å². The minimum absolute atomic E-state index is 0.693. The molecule has 16 heavy (non-hydrogen) atoms. The number of nitrogens with zero attached hydrogens (tertiary/aromatic N) is 1. The van der Waals surface area contributed by atoms with Crippen LogP contribution in [0.25, 0.3) is 0 Å². The highest BCUT2D eigenvalue weighted by Gasteiger charge is 2.09. The fourth-order valence-corrected chi connectivity index (χ4v) is 2.32. The minimum Gasteiger partial charge on any atom is -0.299 e. The lowest BCUT2D eigenvalue weighted by molar-refractivity contribution is 0.248. The molecule has 0 N–H and O–H groups in total. The number of hydrogen-bond donors (Lipinski definition) is 0. The van der Waals surface area contributed by atoms with Crippen LogP contribution in [0.1, 0.15) is 26.3 Å². The standard InChI is InChI=1S/C13H19BrClN/c1-4-16(8-10(2)3)9-11-6-5-7-12(15)13(11)14/h5-7,10H,4,8-9H2,1-3H3. The van der Waals surface area contributed by atoms with E-state index in [0.717, 1.165) is 29.1 Å². The van der Waals surface area contributed by atoms with E-state index < -0.39 is 0 Å². The molecule has 0 aromatic heterocycles. The summed E-state index contributed by atoms with van der Waals surface area (Å²) in [5.74, 6) is 0.693. The predicted molar refractivity (Wildman–Crippen MR) is 74.9 cm³/mol. The van der Waals surface area contributed by atoms with Crippen LogP contribution in [0, 0.1) is 5.92 Å². The second-order valence-electron chi connectivity index (χ2n) is 4.43. The van der Waals surface area contributed by atoms with E-state index in [1.165, 1.54) is 5.56 Å². The van der Waals surface area contributed by atoms with Gasteiger partial charge in [-0.1, -0.05) is 44.5 Å². The molecular weight excluding hydrogens is 286 g/mol. The number of hydrogen-bond acceptors (Lipinski definition) is 1. The van der Waals surface area contributed by atoms with Crippen molar-refractivity contribution in [3.63, 3.8) is 0 Å². The van der Waals surface area contributed by atoms with Gasteiger partial charge < -0.3 is 0 Å². The van der Waals surface area contributed by atoms with E-state index in [1.54, 1.807) is 0 Å². The zero-order chi connectivity index (χ0) is 12.1. The molecule has 0 fully saturated rings. The van der Waals surface area contributed by atoms with Gasteiger partial charge >= 0.3 is 0 Å². The first-order chi connectivity index (χ1) is 7.54. The molecule has 0 heterocycles. The van der Waals surface area contributed by atoms with Gasteiger partial charge in [-0.3, -0.25) is 4.90 Å². The molecule has 0 bridgehead atoms. The van der Waals surface area contributed by atoms with Crippen LogP contribution in [0.15, 0.2) is 22.7 Å². The highest BCUT2D eigenvalue weighted by Crippen LogP contribution is 2.27. The SMILES string of the molecule is CCN(Cc1cccc(Cl)c1Br)CC(C)C. The Kier molecular flexibility index (Phi) is 5.81. The molecule has 0 unspecified atom stereocenters. The molecule has 1 aromatic carbocycles. The quantitative estimate of drug-likeness (QED) is 0.769. The van der Waals surface area contributed by atoms with E-state index >= 15 is 0 Å². The van der Waals surface area contributed by atoms with E-state index in [9.17, 15) is 0 Å². The summed E-state index contributed by atoms with van der Waals surface area (Å²) in [7, 11) is 0. The van der Waals surface area contributed by atoms with Crippen LogP contribution in [0.3, 0.4) is 0 Å². The van der Waals surface area contributed by atoms with Crippen molar-refractivity contribution >= 4 is 27.5 Å². The average molecular weight is 305 g/mol. The monoisotopic (exact) mass is 303 g/mol. The number of rotatable bonds is 5. The third-order valence-corrected chi connectivity index (χ3v) is 3.98. The molecule has 1 nitrogen and oxygen atoms in total. The van der Waals surface area contributed by atoms with Crippen molar-refractivity contribution in [2.45, 2.75) is 27.3 Å². The van der Waals surface area contributed by atoms with Crippen molar-refractivity contribution in [1.82, 2.24) is 4.90 Å². The van der Waals surface area contributed by atoms with Gasteiger partial charge in [0.15, 0.2) is 0 Å². The summed E-state index contributed by atoms with van der Waals surface area (Å²) in [6.45, 7) is 9.83. The van der Waals surface area contributed by atoms with Crippen molar-refractivity contribution < 1.29 is 0 Å². The second kappa shape index (κ2) is 6.63. The molecule has 0 amide bonds. The summed E-state index contributed by atoms with van der Waals surface area (Å²) in [5.41, 5.74) is 1.26. The number of benzene rings is 1. The van der Waals surface area contributed by atoms with Crippen LogP contribution in [-0.2, 0) is 6.54 Å². The molecule has 0 atom stereocenters. The molecule has 1 rings (SSSR count). The molecule has 3 heteroatoms. The Bertz CT molecular complexity index is 339. The summed E-state index contributed by atoms with van der Waals surface area (Å²) in [4.78, 5) is 2.43. The van der Waals surface area contributed by atoms with E-state index in [-0.39, 0.29) is 0 Å². The van der Waals surface area contributed by atoms with Gasteiger partial charge in [0, 0.05) is 17.6 Å². The minimum atomic E-state index is 0.693. The lowest BCUT2D eigenvalue weighted by atomic mass is 10.1. The van der Waals surface area contributed by atoms with Gasteiger partial charge in [-0.2, -0.15) is 0 Å². The topological polar surface area (TPSA) is 3.24 Å². The summed E-state index contributed by atoms with van der Waals surface area (Å²) in [6, 6.07) is 6.04. The van der Waals surface area contributed by atoms with Gasteiger partial charge in [0.1, 0.15) is 0 Å². The van der Waals surface area contributed by atoms with E-state index in [0.29, 0.717) is 5.92 Å². The normalized spacial score (nSPS) is 11.4. The molecule has 0 aliphatic rings. The van der Waals surface area contributed by atoms with E-state index in [2.05, 4.69) is 47.7 Å². The zero-order valence-electron chi connectivity index (χ0n) is 10.1. The molecule has 0 aliphatic heterocycles. The first kappa shape index (κ1) is 14.0. The summed E-state index contributed by atoms with van der Waals surface area (Å²) >= 11 is 9.63. The number of halogens is 2. The van der Waals surface area contributed by atoms with E-state index in [4.69, 9.17) is 11.6 Å². The Morgan fingerprint density at radius 3 is 2.62 bits per heavy atom. The summed E-state index contributed by atoms with van der Waals surface area (Å²) in [5, 5.41) is 0.790. The lowest BCUT2D eigenvalue weighted by Crippen LogP contribution is -2.27. The van der Waals surface area contributed by atoms with Crippen LogP contribution < -0.4 is 0 Å². The fraction of sp³-hybridized carbons (Fsp3) is 0.538. The van der Waals surface area contributed by atoms with Gasteiger partial charge in [0.2, 0.25) is 0 Å². The molecule has 90 valence electrons. The van der Waals surface area contributed by atoms with Crippen molar-refractivity contribution in [2.75, 3.05) is 13.1 Å². The average Bonchev–Trinajstić information content (AvgIpc) is 2.23. The Balaban J connectivity index is 2.74. The zero-order valence-corrected chi connectivity index (χ0v) is 12.5. The molecule has 0 saturated carbocycles. The highest BCUT2D eigenvalue weighted by atomic mass is 79.9. The van der Waals surface area contributed by atoms with Crippen molar-refractivity contribution in [3.05, 3.63) is 33.3 Å². The molecule has 0 saturated heterocycles. The Morgan fingerprint density at radius 1 is 1.38 bits per heavy atom. The Hall–Kier alpha value is -0.0500. The first-order valence-corrected chi connectivity index (χ1v) is 6.87. The molecule has 0 aliphatic carbocycles. The highest BCUT2D eigenvalue weighted by molar-refractivity contribution is 9.10. The lowest BCUT2D eigenvalue weighted by Gasteiger charge is -2.23. The second-order valence-corrected chi connectivity index (χ2v) is 5.63. The van der Waals surface area contributed by atoms with Crippen molar-refractivity contribution in [1.29, 1.82) is 0 Å². The first-order valence-electron chi connectivity index (χ1n) is 5.69. The van der Waals surface area contributed by atoms with Crippen molar-refractivity contribution in [3.8, 4) is 0 Å². The maximum atomic E-state index is 6.08. The summed E-state index contributed by atoms with van der Waals surface area (Å²) < 4.78 is 1.03. The van der Waals surface area contributed by atoms with Crippen LogP contribution >= 0.6 is 27.5 Å². The molecule has 0 spiro atoms. The van der Waals surface area contributed by atoms with Gasteiger partial charge in [-0.25, -0.2) is 0 Å². The molecule has 1 aromatic rings. The molecular formula is C13H19BrClN.